The van der Waals surface area contributed by atoms with Crippen molar-refractivity contribution in [3.63, 3.8) is 0 Å². The first kappa shape index (κ1) is 26.5. The van der Waals surface area contributed by atoms with Gasteiger partial charge in [0.25, 0.3) is 0 Å². The van der Waals surface area contributed by atoms with Crippen LogP contribution in [0.1, 0.15) is 53.4 Å². The summed E-state index contributed by atoms with van der Waals surface area (Å²) in [5.74, 6) is -2.85. The molecule has 0 aromatic carbocycles. The fourth-order valence-electron chi connectivity index (χ4n) is 6.20. The van der Waals surface area contributed by atoms with Crippen molar-refractivity contribution in [1.29, 1.82) is 0 Å². The second-order valence-corrected chi connectivity index (χ2v) is 12.8. The van der Waals surface area contributed by atoms with Gasteiger partial charge in [-0.3, -0.25) is 14.4 Å². The van der Waals surface area contributed by atoms with Crippen LogP contribution >= 0.6 is 27.7 Å². The average molecular weight is 546 g/mol. The number of hydrogen-bond donors (Lipinski definition) is 2. The van der Waals surface area contributed by atoms with Crippen molar-refractivity contribution in [1.82, 2.24) is 9.80 Å². The van der Waals surface area contributed by atoms with Gasteiger partial charge in [-0.15, -0.1) is 18.3 Å². The third-order valence-electron chi connectivity index (χ3n) is 7.44. The number of fused-ring (bicyclic) bond motifs is 1. The lowest BCUT2D eigenvalue weighted by atomic mass is 9.71. The number of carboxylic acid groups (broad SMARTS) is 1. The van der Waals surface area contributed by atoms with Crippen LogP contribution in [-0.2, 0) is 14.4 Å². The molecule has 8 atom stereocenters. The monoisotopic (exact) mass is 544 g/mol. The van der Waals surface area contributed by atoms with Gasteiger partial charge in [0.1, 0.15) is 6.04 Å². The molecular weight excluding hydrogens is 508 g/mol. The molecule has 3 aliphatic heterocycles. The Balaban J connectivity index is 2.13. The molecule has 3 saturated heterocycles. The number of likely N-dealkylation sites (tertiary alicyclic amines) is 1. The number of carbonyl (C=O) groups is 3. The van der Waals surface area contributed by atoms with E-state index < -0.39 is 34.6 Å². The van der Waals surface area contributed by atoms with E-state index in [1.165, 1.54) is 11.8 Å². The Kier molecular flexibility index (Phi) is 8.27. The lowest BCUT2D eigenvalue weighted by Gasteiger charge is -2.41. The van der Waals surface area contributed by atoms with Crippen molar-refractivity contribution in [3.05, 3.63) is 12.7 Å². The lowest BCUT2D eigenvalue weighted by Crippen LogP contribution is -2.59. The van der Waals surface area contributed by atoms with Crippen LogP contribution in [-0.4, -0.2) is 83.9 Å². The average Bonchev–Trinajstić information content (AvgIpc) is 3.33. The molecule has 3 rings (SSSR count). The quantitative estimate of drug-likeness (QED) is 0.306. The molecule has 3 fully saturated rings. The lowest BCUT2D eigenvalue weighted by molar-refractivity contribution is -0.150. The predicted molar refractivity (Wildman–Crippen MR) is 133 cm³/mol. The molecule has 0 aromatic heterocycles. The summed E-state index contributed by atoms with van der Waals surface area (Å²) in [6.45, 7) is 12.0. The number of thioether (sulfide) groups is 1. The maximum Gasteiger partial charge on any atom is 0.308 e. The molecule has 4 unspecified atom stereocenters. The number of rotatable bonds is 11. The molecule has 33 heavy (non-hydrogen) atoms. The highest BCUT2D eigenvalue weighted by atomic mass is 79.9. The highest BCUT2D eigenvalue weighted by molar-refractivity contribution is 9.09. The van der Waals surface area contributed by atoms with E-state index in [2.05, 4.69) is 29.4 Å². The molecule has 2 bridgehead atoms. The molecule has 0 saturated carbocycles. The number of alkyl halides is 1. The van der Waals surface area contributed by atoms with Crippen LogP contribution in [0.4, 0.5) is 0 Å². The highest BCUT2D eigenvalue weighted by Gasteiger charge is 2.76. The molecule has 186 valence electrons. The van der Waals surface area contributed by atoms with Crippen molar-refractivity contribution in [2.24, 2.45) is 17.8 Å². The molecule has 3 aliphatic rings. The second-order valence-electron chi connectivity index (χ2n) is 10.1. The maximum absolute atomic E-state index is 14.2. The fraction of sp³-hybridized carbons (Fsp3) is 0.792. The summed E-state index contributed by atoms with van der Waals surface area (Å²) >= 11 is 5.16. The summed E-state index contributed by atoms with van der Waals surface area (Å²) in [5.41, 5.74) is 0. The third kappa shape index (κ3) is 4.38. The van der Waals surface area contributed by atoms with E-state index in [1.54, 1.807) is 15.9 Å². The number of aliphatic carboxylic acids is 1. The number of nitrogens with zero attached hydrogens (tertiary/aromatic N) is 2. The first-order valence-electron chi connectivity index (χ1n) is 11.9. The van der Waals surface area contributed by atoms with Gasteiger partial charge in [-0.25, -0.2) is 0 Å². The standard InChI is InChI=1S/C24H37BrN2O5S/c1-6-8-14(5)26(9-7-2)22(30)20-24-11-16(25)19(33-24)17(23(31)32)18(24)21(29)27(20)15(12-28)10-13(3)4/h7,13-20,28H,2,6,8-12H2,1,3-5H3,(H,31,32)/t14?,15-,16?,17+,18+,19+,20?,24?/m1/s1. The fourth-order valence-corrected chi connectivity index (χ4v) is 9.79. The van der Waals surface area contributed by atoms with E-state index in [-0.39, 0.29) is 40.5 Å². The summed E-state index contributed by atoms with van der Waals surface area (Å²) in [6, 6.07) is -1.37. The molecular formula is C24H37BrN2O5S. The van der Waals surface area contributed by atoms with E-state index in [0.29, 0.717) is 19.4 Å². The SMILES string of the molecule is C=CCN(C(=O)C1N([C@@H](CO)CC(C)C)C(=O)[C@@H]2[C@H](C(=O)O)[C@H]3SC12CC3Br)C(C)CCC. The van der Waals surface area contributed by atoms with Gasteiger partial charge in [-0.2, -0.15) is 0 Å². The minimum atomic E-state index is -0.989. The van der Waals surface area contributed by atoms with Crippen molar-refractivity contribution in [2.45, 2.75) is 86.3 Å². The van der Waals surface area contributed by atoms with Crippen LogP contribution in [0.15, 0.2) is 12.7 Å². The Bertz CT molecular complexity index is 795. The summed E-state index contributed by atoms with van der Waals surface area (Å²) in [4.78, 5) is 43.7. The van der Waals surface area contributed by atoms with Gasteiger partial charge in [-0.05, 0) is 32.1 Å². The molecule has 7 nitrogen and oxygen atoms in total. The van der Waals surface area contributed by atoms with Gasteiger partial charge in [0.15, 0.2) is 0 Å². The van der Waals surface area contributed by atoms with E-state index in [0.717, 1.165) is 12.8 Å². The van der Waals surface area contributed by atoms with E-state index >= 15 is 0 Å². The van der Waals surface area contributed by atoms with Crippen molar-refractivity contribution >= 4 is 45.5 Å². The summed E-state index contributed by atoms with van der Waals surface area (Å²) in [7, 11) is 0. The summed E-state index contributed by atoms with van der Waals surface area (Å²) in [6.07, 6.45) is 4.53. The van der Waals surface area contributed by atoms with Gasteiger partial charge < -0.3 is 20.0 Å². The van der Waals surface area contributed by atoms with Gasteiger partial charge in [0.2, 0.25) is 11.8 Å². The molecule has 1 spiro atoms. The largest absolute Gasteiger partial charge is 0.481 e. The maximum atomic E-state index is 14.2. The van der Waals surface area contributed by atoms with Gasteiger partial charge >= 0.3 is 5.97 Å². The second kappa shape index (κ2) is 10.3. The zero-order valence-corrected chi connectivity index (χ0v) is 22.3. The Hall–Kier alpha value is -1.06. The first-order valence-corrected chi connectivity index (χ1v) is 13.7. The molecule has 9 heteroatoms. The van der Waals surface area contributed by atoms with Crippen LogP contribution in [0, 0.1) is 17.8 Å². The molecule has 0 aliphatic carbocycles. The number of amides is 2. The Labute approximate surface area is 209 Å². The molecule has 0 radical (unpaired) electrons. The zero-order valence-electron chi connectivity index (χ0n) is 19.9. The number of aliphatic hydroxyl groups is 1. The van der Waals surface area contributed by atoms with Gasteiger partial charge in [0.05, 0.1) is 29.2 Å². The summed E-state index contributed by atoms with van der Waals surface area (Å²) in [5, 5.41) is 20.1. The van der Waals surface area contributed by atoms with E-state index in [9.17, 15) is 24.6 Å². The minimum absolute atomic E-state index is 0.0378. The van der Waals surface area contributed by atoms with Crippen molar-refractivity contribution < 1.29 is 24.6 Å². The first-order chi connectivity index (χ1) is 15.5. The Morgan fingerprint density at radius 2 is 2.06 bits per heavy atom. The number of carboxylic acids is 1. The number of hydrogen-bond acceptors (Lipinski definition) is 5. The van der Waals surface area contributed by atoms with Crippen LogP contribution in [0.25, 0.3) is 0 Å². The highest BCUT2D eigenvalue weighted by Crippen LogP contribution is 2.68. The molecule has 2 N–H and O–H groups in total. The Morgan fingerprint density at radius 1 is 1.39 bits per heavy atom. The Morgan fingerprint density at radius 3 is 2.58 bits per heavy atom. The van der Waals surface area contributed by atoms with Crippen molar-refractivity contribution in [3.8, 4) is 0 Å². The summed E-state index contributed by atoms with van der Waals surface area (Å²) < 4.78 is -0.814. The molecule has 2 amide bonds. The van der Waals surface area contributed by atoms with Crippen LogP contribution in [0.2, 0.25) is 0 Å². The predicted octanol–water partition coefficient (Wildman–Crippen LogP) is 3.15. The third-order valence-corrected chi connectivity index (χ3v) is 10.7. The molecule has 3 heterocycles. The van der Waals surface area contributed by atoms with E-state index in [4.69, 9.17) is 0 Å². The van der Waals surface area contributed by atoms with Gasteiger partial charge in [-0.1, -0.05) is 49.2 Å². The van der Waals surface area contributed by atoms with Crippen LogP contribution < -0.4 is 0 Å². The minimum Gasteiger partial charge on any atom is -0.481 e. The number of halogens is 1. The number of carbonyl (C=O) groups excluding carboxylic acids is 2. The van der Waals surface area contributed by atoms with Crippen molar-refractivity contribution in [2.75, 3.05) is 13.2 Å². The smallest absolute Gasteiger partial charge is 0.308 e. The molecule has 0 aromatic rings. The van der Waals surface area contributed by atoms with Crippen LogP contribution in [0.3, 0.4) is 0 Å². The normalized spacial score (nSPS) is 34.5. The number of aliphatic hydroxyl groups excluding tert-OH is 1. The topological polar surface area (TPSA) is 98.2 Å². The van der Waals surface area contributed by atoms with Crippen LogP contribution in [0.5, 0.6) is 0 Å². The zero-order chi connectivity index (χ0) is 24.7. The van der Waals surface area contributed by atoms with E-state index in [1.807, 2.05) is 20.8 Å². The van der Waals surface area contributed by atoms with Gasteiger partial charge in [0, 0.05) is 22.7 Å².